The van der Waals surface area contributed by atoms with Gasteiger partial charge in [0.25, 0.3) is 0 Å². The normalized spacial score (nSPS) is 13.6. The lowest BCUT2D eigenvalue weighted by molar-refractivity contribution is -0.137. The molecule has 90 valence electrons. The van der Waals surface area contributed by atoms with E-state index >= 15 is 0 Å². The van der Waals surface area contributed by atoms with Crippen LogP contribution in [0.15, 0.2) is 24.3 Å². The number of hydrogen-bond acceptors (Lipinski definition) is 2. The van der Waals surface area contributed by atoms with Crippen molar-refractivity contribution in [3.05, 3.63) is 29.8 Å². The SMILES string of the molecule is CCC(N)COc1cccc(C(F)(F)F)c1. The van der Waals surface area contributed by atoms with Crippen molar-refractivity contribution in [3.8, 4) is 5.75 Å². The zero-order chi connectivity index (χ0) is 12.2. The highest BCUT2D eigenvalue weighted by molar-refractivity contribution is 5.30. The molecule has 0 radical (unpaired) electrons. The fourth-order valence-electron chi connectivity index (χ4n) is 1.08. The van der Waals surface area contributed by atoms with E-state index in [1.165, 1.54) is 12.1 Å². The standard InChI is InChI=1S/C11H14F3NO/c1-2-9(15)7-16-10-5-3-4-8(6-10)11(12,13)14/h3-6,9H,2,7,15H2,1H3. The van der Waals surface area contributed by atoms with Crippen molar-refractivity contribution in [2.45, 2.75) is 25.6 Å². The summed E-state index contributed by atoms with van der Waals surface area (Å²) in [7, 11) is 0. The van der Waals surface area contributed by atoms with Crippen molar-refractivity contribution in [3.63, 3.8) is 0 Å². The third kappa shape index (κ3) is 3.73. The molecule has 0 spiro atoms. The summed E-state index contributed by atoms with van der Waals surface area (Å²) in [6.07, 6.45) is -3.62. The lowest BCUT2D eigenvalue weighted by Gasteiger charge is -2.12. The minimum absolute atomic E-state index is 0.158. The summed E-state index contributed by atoms with van der Waals surface area (Å²) in [4.78, 5) is 0. The Kier molecular flexibility index (Phi) is 4.18. The van der Waals surface area contributed by atoms with Crippen LogP contribution in [0.25, 0.3) is 0 Å². The Morgan fingerprint density at radius 3 is 2.62 bits per heavy atom. The summed E-state index contributed by atoms with van der Waals surface area (Å²) in [6, 6.07) is 4.62. The first kappa shape index (κ1) is 12.8. The van der Waals surface area contributed by atoms with Crippen LogP contribution in [-0.4, -0.2) is 12.6 Å². The van der Waals surface area contributed by atoms with Gasteiger partial charge in [0.05, 0.1) is 5.56 Å². The zero-order valence-corrected chi connectivity index (χ0v) is 8.92. The van der Waals surface area contributed by atoms with Gasteiger partial charge in [0.15, 0.2) is 0 Å². The van der Waals surface area contributed by atoms with Crippen LogP contribution >= 0.6 is 0 Å². The molecule has 1 aromatic carbocycles. The average molecular weight is 233 g/mol. The predicted molar refractivity (Wildman–Crippen MR) is 55.2 cm³/mol. The predicted octanol–water partition coefficient (Wildman–Crippen LogP) is 2.82. The number of ether oxygens (including phenoxy) is 1. The van der Waals surface area contributed by atoms with Crippen LogP contribution in [0.1, 0.15) is 18.9 Å². The maximum atomic E-state index is 12.4. The summed E-state index contributed by atoms with van der Waals surface area (Å²) in [5.41, 5.74) is 4.88. The zero-order valence-electron chi connectivity index (χ0n) is 8.92. The highest BCUT2D eigenvalue weighted by Crippen LogP contribution is 2.31. The molecular weight excluding hydrogens is 219 g/mol. The Hall–Kier alpha value is -1.23. The molecule has 0 bridgehead atoms. The van der Waals surface area contributed by atoms with Crippen molar-refractivity contribution in [1.29, 1.82) is 0 Å². The highest BCUT2D eigenvalue weighted by atomic mass is 19.4. The Bertz CT molecular complexity index is 338. The van der Waals surface area contributed by atoms with E-state index in [1.807, 2.05) is 6.92 Å². The van der Waals surface area contributed by atoms with Gasteiger partial charge in [-0.25, -0.2) is 0 Å². The van der Waals surface area contributed by atoms with Gasteiger partial charge < -0.3 is 10.5 Å². The second kappa shape index (κ2) is 5.21. The molecule has 0 heterocycles. The lowest BCUT2D eigenvalue weighted by Crippen LogP contribution is -2.26. The van der Waals surface area contributed by atoms with Gasteiger partial charge in [0.1, 0.15) is 12.4 Å². The van der Waals surface area contributed by atoms with E-state index in [-0.39, 0.29) is 18.4 Å². The van der Waals surface area contributed by atoms with E-state index in [2.05, 4.69) is 0 Å². The monoisotopic (exact) mass is 233 g/mol. The van der Waals surface area contributed by atoms with Gasteiger partial charge in [-0.1, -0.05) is 13.0 Å². The van der Waals surface area contributed by atoms with E-state index in [9.17, 15) is 13.2 Å². The average Bonchev–Trinajstić information content (AvgIpc) is 2.25. The number of benzene rings is 1. The molecule has 2 nitrogen and oxygen atoms in total. The van der Waals surface area contributed by atoms with Crippen molar-refractivity contribution in [2.24, 2.45) is 5.73 Å². The van der Waals surface area contributed by atoms with E-state index in [4.69, 9.17) is 10.5 Å². The van der Waals surface area contributed by atoms with E-state index in [1.54, 1.807) is 0 Å². The molecular formula is C11H14F3NO. The first-order chi connectivity index (χ1) is 7.43. The summed E-state index contributed by atoms with van der Waals surface area (Å²) in [5, 5.41) is 0. The maximum absolute atomic E-state index is 12.4. The Balaban J connectivity index is 2.68. The molecule has 1 unspecified atom stereocenters. The van der Waals surface area contributed by atoms with Crippen LogP contribution < -0.4 is 10.5 Å². The number of rotatable bonds is 4. The first-order valence-corrected chi connectivity index (χ1v) is 4.99. The van der Waals surface area contributed by atoms with Gasteiger partial charge in [-0.05, 0) is 24.6 Å². The fraction of sp³-hybridized carbons (Fsp3) is 0.455. The number of halogens is 3. The molecule has 0 saturated carbocycles. The summed E-state index contributed by atoms with van der Waals surface area (Å²) in [5.74, 6) is 0.193. The Labute approximate surface area is 92.2 Å². The smallest absolute Gasteiger partial charge is 0.416 e. The highest BCUT2D eigenvalue weighted by Gasteiger charge is 2.30. The first-order valence-electron chi connectivity index (χ1n) is 4.99. The lowest BCUT2D eigenvalue weighted by atomic mass is 10.2. The van der Waals surface area contributed by atoms with Gasteiger partial charge in [0.2, 0.25) is 0 Å². The number of alkyl halides is 3. The molecule has 0 aliphatic carbocycles. The molecule has 2 N–H and O–H groups in total. The second-order valence-corrected chi connectivity index (χ2v) is 3.50. The van der Waals surface area contributed by atoms with Crippen LogP contribution in [0.5, 0.6) is 5.75 Å². The quantitative estimate of drug-likeness (QED) is 0.867. The van der Waals surface area contributed by atoms with Gasteiger partial charge >= 0.3 is 6.18 Å². The maximum Gasteiger partial charge on any atom is 0.416 e. The van der Waals surface area contributed by atoms with Crippen molar-refractivity contribution in [1.82, 2.24) is 0 Å². The van der Waals surface area contributed by atoms with E-state index in [0.29, 0.717) is 0 Å². The Morgan fingerprint density at radius 1 is 1.38 bits per heavy atom. The topological polar surface area (TPSA) is 35.2 Å². The van der Waals surface area contributed by atoms with Crippen molar-refractivity contribution < 1.29 is 17.9 Å². The van der Waals surface area contributed by atoms with Gasteiger partial charge in [-0.3, -0.25) is 0 Å². The van der Waals surface area contributed by atoms with Gasteiger partial charge in [-0.15, -0.1) is 0 Å². The largest absolute Gasteiger partial charge is 0.492 e. The molecule has 0 saturated heterocycles. The summed E-state index contributed by atoms with van der Waals surface area (Å²) in [6.45, 7) is 2.11. The molecule has 16 heavy (non-hydrogen) atoms. The summed E-state index contributed by atoms with van der Waals surface area (Å²) < 4.78 is 42.2. The van der Waals surface area contributed by atoms with Crippen LogP contribution in [0.3, 0.4) is 0 Å². The van der Waals surface area contributed by atoms with Crippen LogP contribution in [0, 0.1) is 0 Å². The van der Waals surface area contributed by atoms with E-state index < -0.39 is 11.7 Å². The fourth-order valence-corrected chi connectivity index (χ4v) is 1.08. The molecule has 1 atom stereocenters. The number of nitrogens with two attached hydrogens (primary N) is 1. The molecule has 1 aromatic rings. The van der Waals surface area contributed by atoms with Crippen LogP contribution in [0.4, 0.5) is 13.2 Å². The molecule has 5 heteroatoms. The second-order valence-electron chi connectivity index (χ2n) is 3.50. The number of hydrogen-bond donors (Lipinski definition) is 1. The molecule has 0 aliphatic heterocycles. The van der Waals surface area contributed by atoms with E-state index in [0.717, 1.165) is 18.6 Å². The minimum Gasteiger partial charge on any atom is -0.492 e. The van der Waals surface area contributed by atoms with Gasteiger partial charge in [-0.2, -0.15) is 13.2 Å². The molecule has 0 fully saturated rings. The van der Waals surface area contributed by atoms with Crippen LogP contribution in [0.2, 0.25) is 0 Å². The van der Waals surface area contributed by atoms with Crippen molar-refractivity contribution in [2.75, 3.05) is 6.61 Å². The Morgan fingerprint density at radius 2 is 2.06 bits per heavy atom. The molecule has 0 aliphatic rings. The molecule has 1 rings (SSSR count). The molecule has 0 aromatic heterocycles. The third-order valence-corrected chi connectivity index (χ3v) is 2.15. The molecule has 0 amide bonds. The van der Waals surface area contributed by atoms with Crippen molar-refractivity contribution >= 4 is 0 Å². The third-order valence-electron chi connectivity index (χ3n) is 2.15. The van der Waals surface area contributed by atoms with Crippen LogP contribution in [-0.2, 0) is 6.18 Å². The minimum atomic E-state index is -4.34. The summed E-state index contributed by atoms with van der Waals surface area (Å²) >= 11 is 0. The van der Waals surface area contributed by atoms with Gasteiger partial charge in [0, 0.05) is 6.04 Å².